The Hall–Kier alpha value is -0.320. The fraction of sp³-hybridized carbons (Fsp3) is 0.167. The minimum Gasteiger partial charge on any atom is -0.392 e. The molecule has 0 bridgehead atoms. The summed E-state index contributed by atoms with van der Waals surface area (Å²) in [4.78, 5) is 0.296. The summed E-state index contributed by atoms with van der Waals surface area (Å²) < 4.78 is 42.0. The molecule has 0 aliphatic rings. The fourth-order valence-corrected chi connectivity index (χ4v) is 4.94. The number of thiophene rings is 1. The van der Waals surface area contributed by atoms with Gasteiger partial charge in [-0.3, -0.25) is 0 Å². The Bertz CT molecular complexity index is 762. The van der Waals surface area contributed by atoms with Crippen molar-refractivity contribution in [3.8, 4) is 0 Å². The molecule has 114 valence electrons. The lowest BCUT2D eigenvalue weighted by atomic mass is 10.2. The van der Waals surface area contributed by atoms with E-state index in [0.29, 0.717) is 4.47 Å². The van der Waals surface area contributed by atoms with E-state index in [-0.39, 0.29) is 12.1 Å². The van der Waals surface area contributed by atoms with Crippen LogP contribution in [0.4, 0.5) is 4.39 Å². The molecule has 0 aliphatic carbocycles. The van der Waals surface area contributed by atoms with Crippen molar-refractivity contribution < 1.29 is 17.9 Å². The predicted octanol–water partition coefficient (Wildman–Crippen LogP) is 3.38. The second-order valence-electron chi connectivity index (χ2n) is 4.05. The number of sulfonamides is 1. The van der Waals surface area contributed by atoms with Gasteiger partial charge in [-0.15, -0.1) is 11.3 Å². The summed E-state index contributed by atoms with van der Waals surface area (Å²) in [6.07, 6.45) is 0. The molecule has 2 rings (SSSR count). The van der Waals surface area contributed by atoms with E-state index in [1.165, 1.54) is 23.5 Å². The predicted molar refractivity (Wildman–Crippen MR) is 86.1 cm³/mol. The Kier molecular flexibility index (Phi) is 5.55. The zero-order valence-electron chi connectivity index (χ0n) is 10.4. The molecule has 1 aromatic carbocycles. The highest BCUT2D eigenvalue weighted by atomic mass is 79.9. The number of hydrogen-bond donors (Lipinski definition) is 2. The van der Waals surface area contributed by atoms with Crippen molar-refractivity contribution in [3.63, 3.8) is 0 Å². The molecule has 0 amide bonds. The SMILES string of the molecule is O=S(=O)(NCc1sccc1Br)c1cc(Br)cc(CO)c1F. The average molecular weight is 459 g/mol. The van der Waals surface area contributed by atoms with Crippen LogP contribution in [0.5, 0.6) is 0 Å². The first-order valence-corrected chi connectivity index (χ1v) is 9.60. The highest BCUT2D eigenvalue weighted by Crippen LogP contribution is 2.26. The van der Waals surface area contributed by atoms with Crippen LogP contribution in [0.1, 0.15) is 10.4 Å². The average Bonchev–Trinajstić information content (AvgIpc) is 2.84. The molecular formula is C12H10Br2FNO3S2. The normalized spacial score (nSPS) is 11.8. The maximum atomic E-state index is 14.1. The first-order valence-electron chi connectivity index (χ1n) is 5.65. The van der Waals surface area contributed by atoms with Gasteiger partial charge in [0, 0.05) is 25.9 Å². The van der Waals surface area contributed by atoms with Gasteiger partial charge in [-0.2, -0.15) is 0 Å². The minimum absolute atomic E-state index is 0.0565. The molecule has 0 unspecified atom stereocenters. The van der Waals surface area contributed by atoms with Gasteiger partial charge in [-0.25, -0.2) is 17.5 Å². The van der Waals surface area contributed by atoms with Gasteiger partial charge in [0.05, 0.1) is 6.61 Å². The lowest BCUT2D eigenvalue weighted by Crippen LogP contribution is -2.24. The number of hydrogen-bond acceptors (Lipinski definition) is 4. The largest absolute Gasteiger partial charge is 0.392 e. The standard InChI is InChI=1S/C12H10Br2FNO3S2/c13-8-3-7(6-17)12(15)11(4-8)21(18,19)16-5-10-9(14)1-2-20-10/h1-4,16-17H,5-6H2. The van der Waals surface area contributed by atoms with Crippen LogP contribution in [0, 0.1) is 5.82 Å². The third-order valence-corrected chi connectivity index (χ3v) is 6.44. The summed E-state index contributed by atoms with van der Waals surface area (Å²) >= 11 is 7.79. The van der Waals surface area contributed by atoms with E-state index in [4.69, 9.17) is 5.11 Å². The molecule has 0 radical (unpaired) electrons. The highest BCUT2D eigenvalue weighted by Gasteiger charge is 2.22. The quantitative estimate of drug-likeness (QED) is 0.721. The Morgan fingerprint density at radius 2 is 2.05 bits per heavy atom. The van der Waals surface area contributed by atoms with Crippen LogP contribution in [0.25, 0.3) is 0 Å². The van der Waals surface area contributed by atoms with Crippen LogP contribution in [0.2, 0.25) is 0 Å². The summed E-state index contributed by atoms with van der Waals surface area (Å²) in [7, 11) is -4.02. The van der Waals surface area contributed by atoms with Crippen molar-refractivity contribution in [3.05, 3.63) is 48.8 Å². The molecule has 0 spiro atoms. The lowest BCUT2D eigenvalue weighted by molar-refractivity contribution is 0.274. The van der Waals surface area contributed by atoms with Crippen LogP contribution in [-0.2, 0) is 23.2 Å². The van der Waals surface area contributed by atoms with Crippen molar-refractivity contribution in [2.75, 3.05) is 0 Å². The topological polar surface area (TPSA) is 66.4 Å². The molecule has 4 nitrogen and oxygen atoms in total. The second-order valence-corrected chi connectivity index (χ2v) is 8.56. The van der Waals surface area contributed by atoms with E-state index in [0.717, 1.165) is 9.35 Å². The van der Waals surface area contributed by atoms with Gasteiger partial charge in [0.2, 0.25) is 10.0 Å². The Balaban J connectivity index is 2.32. The summed E-state index contributed by atoms with van der Waals surface area (Å²) in [5.41, 5.74) is -0.0814. The van der Waals surface area contributed by atoms with Crippen molar-refractivity contribution in [2.24, 2.45) is 0 Å². The molecule has 1 aromatic heterocycles. The Labute approximate surface area is 142 Å². The second kappa shape index (κ2) is 6.84. The van der Waals surface area contributed by atoms with Crippen molar-refractivity contribution in [1.29, 1.82) is 0 Å². The third kappa shape index (κ3) is 3.91. The number of nitrogens with one attached hydrogen (secondary N) is 1. The van der Waals surface area contributed by atoms with E-state index in [1.54, 1.807) is 6.07 Å². The van der Waals surface area contributed by atoms with E-state index in [9.17, 15) is 12.8 Å². The summed E-state index contributed by atoms with van der Waals surface area (Å²) in [5, 5.41) is 10.9. The summed E-state index contributed by atoms with van der Waals surface area (Å²) in [5.74, 6) is -0.946. The van der Waals surface area contributed by atoms with E-state index in [1.807, 2.05) is 5.38 Å². The van der Waals surface area contributed by atoms with Gasteiger partial charge in [0.25, 0.3) is 0 Å². The molecular weight excluding hydrogens is 449 g/mol. The summed E-state index contributed by atoms with van der Waals surface area (Å²) in [6.45, 7) is -0.523. The number of aliphatic hydroxyl groups excluding tert-OH is 1. The van der Waals surface area contributed by atoms with Gasteiger partial charge in [-0.05, 0) is 39.5 Å². The number of benzene rings is 1. The maximum absolute atomic E-state index is 14.1. The summed E-state index contributed by atoms with van der Waals surface area (Å²) in [6, 6.07) is 4.31. The van der Waals surface area contributed by atoms with Gasteiger partial charge in [-0.1, -0.05) is 15.9 Å². The van der Waals surface area contributed by atoms with Gasteiger partial charge in [0.1, 0.15) is 10.7 Å². The molecule has 0 saturated carbocycles. The Morgan fingerprint density at radius 1 is 1.33 bits per heavy atom. The number of rotatable bonds is 5. The molecule has 2 N–H and O–H groups in total. The first-order chi connectivity index (χ1) is 9.85. The third-order valence-electron chi connectivity index (χ3n) is 2.65. The van der Waals surface area contributed by atoms with Crippen molar-refractivity contribution in [2.45, 2.75) is 18.0 Å². The van der Waals surface area contributed by atoms with E-state index in [2.05, 4.69) is 36.6 Å². The van der Waals surface area contributed by atoms with Crippen molar-refractivity contribution in [1.82, 2.24) is 4.72 Å². The smallest absolute Gasteiger partial charge is 0.243 e. The zero-order valence-corrected chi connectivity index (χ0v) is 15.2. The van der Waals surface area contributed by atoms with Crippen LogP contribution in [0.15, 0.2) is 37.4 Å². The lowest BCUT2D eigenvalue weighted by Gasteiger charge is -2.10. The molecule has 0 saturated heterocycles. The number of halogens is 3. The molecule has 2 aromatic rings. The highest BCUT2D eigenvalue weighted by molar-refractivity contribution is 9.10. The zero-order chi connectivity index (χ0) is 15.6. The van der Waals surface area contributed by atoms with Crippen molar-refractivity contribution >= 4 is 53.2 Å². The van der Waals surface area contributed by atoms with Crippen LogP contribution in [-0.4, -0.2) is 13.5 Å². The number of aliphatic hydroxyl groups is 1. The van der Waals surface area contributed by atoms with E-state index < -0.39 is 27.3 Å². The molecule has 0 aliphatic heterocycles. The maximum Gasteiger partial charge on any atom is 0.243 e. The van der Waals surface area contributed by atoms with Gasteiger partial charge < -0.3 is 5.11 Å². The molecule has 21 heavy (non-hydrogen) atoms. The fourth-order valence-electron chi connectivity index (χ4n) is 1.62. The van der Waals surface area contributed by atoms with Crippen LogP contribution >= 0.6 is 43.2 Å². The van der Waals surface area contributed by atoms with Crippen LogP contribution < -0.4 is 4.72 Å². The minimum atomic E-state index is -4.02. The molecule has 1 heterocycles. The molecule has 9 heteroatoms. The van der Waals surface area contributed by atoms with E-state index >= 15 is 0 Å². The van der Waals surface area contributed by atoms with Gasteiger partial charge >= 0.3 is 0 Å². The molecule has 0 fully saturated rings. The Morgan fingerprint density at radius 3 is 2.62 bits per heavy atom. The van der Waals surface area contributed by atoms with Gasteiger partial charge in [0.15, 0.2) is 0 Å². The monoisotopic (exact) mass is 457 g/mol. The first kappa shape index (κ1) is 17.0. The molecule has 0 atom stereocenters. The van der Waals surface area contributed by atoms with Crippen LogP contribution in [0.3, 0.4) is 0 Å².